The average molecular weight is 363 g/mol. The Kier molecular flexibility index (Phi) is 3.07. The number of hydrogen-bond donors (Lipinski definition) is 1. The molecule has 0 bridgehead atoms. The van der Waals surface area contributed by atoms with E-state index >= 15 is 0 Å². The fraction of sp³-hybridized carbons (Fsp3) is 0.381. The highest BCUT2D eigenvalue weighted by atomic mass is 16.4. The van der Waals surface area contributed by atoms with E-state index in [2.05, 4.69) is 18.5 Å². The Morgan fingerprint density at radius 2 is 2.11 bits per heavy atom. The van der Waals surface area contributed by atoms with Gasteiger partial charge in [-0.05, 0) is 30.7 Å². The molecule has 0 radical (unpaired) electrons. The Labute approximate surface area is 156 Å². The molecule has 0 spiro atoms. The van der Waals surface area contributed by atoms with Gasteiger partial charge in [0.25, 0.3) is 0 Å². The van der Waals surface area contributed by atoms with Crippen LogP contribution in [-0.4, -0.2) is 25.4 Å². The van der Waals surface area contributed by atoms with Gasteiger partial charge in [-0.25, -0.2) is 4.79 Å². The number of pyridine rings is 1. The minimum atomic E-state index is -1.18. The molecule has 27 heavy (non-hydrogen) atoms. The maximum atomic E-state index is 12.5. The average Bonchev–Trinajstić information content (AvgIpc) is 3.13. The van der Waals surface area contributed by atoms with Crippen LogP contribution < -0.4 is 5.43 Å². The van der Waals surface area contributed by atoms with Crippen molar-refractivity contribution in [2.45, 2.75) is 45.7 Å². The first-order valence-electron chi connectivity index (χ1n) is 9.27. The summed E-state index contributed by atoms with van der Waals surface area (Å²) >= 11 is 0. The van der Waals surface area contributed by atoms with E-state index in [0.717, 1.165) is 40.7 Å². The maximum absolute atomic E-state index is 12.5. The van der Waals surface area contributed by atoms with Gasteiger partial charge in [0.1, 0.15) is 5.56 Å². The Balaban J connectivity index is 1.93. The van der Waals surface area contributed by atoms with Gasteiger partial charge < -0.3 is 9.67 Å². The number of aromatic carboxylic acids is 1. The van der Waals surface area contributed by atoms with Crippen molar-refractivity contribution >= 4 is 16.9 Å². The number of carboxylic acid groups (broad SMARTS) is 1. The summed E-state index contributed by atoms with van der Waals surface area (Å²) in [5, 5.41) is 15.4. The largest absolute Gasteiger partial charge is 0.477 e. The summed E-state index contributed by atoms with van der Waals surface area (Å²) < 4.78 is 4.12. The Bertz CT molecular complexity index is 1190. The molecule has 6 heteroatoms. The van der Waals surface area contributed by atoms with Crippen molar-refractivity contribution in [3.8, 4) is 11.4 Å². The molecule has 1 aromatic carbocycles. The molecule has 3 aromatic rings. The summed E-state index contributed by atoms with van der Waals surface area (Å²) in [5.41, 5.74) is 3.06. The second-order valence-electron chi connectivity index (χ2n) is 8.45. The Hall–Kier alpha value is -2.89. The van der Waals surface area contributed by atoms with Gasteiger partial charge in [0, 0.05) is 17.6 Å². The summed E-state index contributed by atoms with van der Waals surface area (Å²) in [4.78, 5) is 24.1. The smallest absolute Gasteiger partial charge is 0.341 e. The second-order valence-corrected chi connectivity index (χ2v) is 8.45. The Morgan fingerprint density at radius 1 is 1.33 bits per heavy atom. The number of aromatic nitrogens is 3. The summed E-state index contributed by atoms with van der Waals surface area (Å²) in [7, 11) is 0. The summed E-state index contributed by atoms with van der Waals surface area (Å²) in [6.45, 7) is 6.46. The lowest BCUT2D eigenvalue weighted by molar-refractivity contribution is 0.0693. The molecule has 0 saturated heterocycles. The van der Waals surface area contributed by atoms with Crippen LogP contribution in [0.5, 0.6) is 0 Å². The molecule has 2 aliphatic rings. The van der Waals surface area contributed by atoms with Crippen LogP contribution in [0.4, 0.5) is 0 Å². The van der Waals surface area contributed by atoms with Crippen LogP contribution >= 0.6 is 0 Å². The van der Waals surface area contributed by atoms with E-state index < -0.39 is 11.4 Å². The van der Waals surface area contributed by atoms with Crippen molar-refractivity contribution in [1.82, 2.24) is 14.3 Å². The number of fused-ring (bicyclic) bond motifs is 8. The molecule has 1 aliphatic heterocycles. The molecule has 6 nitrogen and oxygen atoms in total. The summed E-state index contributed by atoms with van der Waals surface area (Å²) in [5.74, 6) is -1.18. The highest BCUT2D eigenvalue weighted by Gasteiger charge is 2.48. The van der Waals surface area contributed by atoms with Gasteiger partial charge in [0.15, 0.2) is 5.43 Å². The molecule has 5 rings (SSSR count). The molecule has 2 atom stereocenters. The van der Waals surface area contributed by atoms with Crippen LogP contribution in [0, 0.1) is 12.3 Å². The molecular weight excluding hydrogens is 342 g/mol. The second kappa shape index (κ2) is 5.09. The zero-order valence-electron chi connectivity index (χ0n) is 15.6. The monoisotopic (exact) mass is 363 g/mol. The van der Waals surface area contributed by atoms with Crippen LogP contribution in [0.15, 0.2) is 35.3 Å². The molecule has 1 saturated carbocycles. The van der Waals surface area contributed by atoms with E-state index in [4.69, 9.17) is 5.10 Å². The third-order valence-corrected chi connectivity index (χ3v) is 6.35. The molecule has 138 valence electrons. The van der Waals surface area contributed by atoms with Gasteiger partial charge in [-0.2, -0.15) is 5.10 Å². The van der Waals surface area contributed by atoms with Gasteiger partial charge in [-0.15, -0.1) is 0 Å². The van der Waals surface area contributed by atoms with Gasteiger partial charge in [0.05, 0.1) is 29.0 Å². The number of benzene rings is 1. The molecule has 2 aromatic heterocycles. The van der Waals surface area contributed by atoms with Crippen molar-refractivity contribution in [2.24, 2.45) is 5.41 Å². The van der Waals surface area contributed by atoms with Gasteiger partial charge in [0.2, 0.25) is 0 Å². The predicted molar refractivity (Wildman–Crippen MR) is 102 cm³/mol. The first-order chi connectivity index (χ1) is 12.8. The standard InChI is InChI=1S/C21H21N3O3/c1-11-5-4-6-12-17(11)22-24-14-7-8-21(2,3)19(14)23-10-13(20(26)27)16(25)9-15(23)18(12)24/h4-6,9-10,14,19H,7-8H2,1-3H3,(H,26,27)/t14-,19-/m1/s1. The van der Waals surface area contributed by atoms with Gasteiger partial charge in [-0.1, -0.05) is 32.0 Å². The first-order valence-corrected chi connectivity index (χ1v) is 9.27. The molecule has 1 aliphatic carbocycles. The summed E-state index contributed by atoms with van der Waals surface area (Å²) in [6, 6.07) is 7.76. The van der Waals surface area contributed by atoms with Crippen LogP contribution in [0.3, 0.4) is 0 Å². The number of rotatable bonds is 1. The predicted octanol–water partition coefficient (Wildman–Crippen LogP) is 3.79. The minimum absolute atomic E-state index is 0.0187. The number of nitrogens with zero attached hydrogens (tertiary/aromatic N) is 3. The number of aryl methyl sites for hydroxylation is 1. The molecule has 0 amide bonds. The van der Waals surface area contributed by atoms with E-state index in [9.17, 15) is 14.7 Å². The first kappa shape index (κ1) is 16.3. The molecule has 3 heterocycles. The van der Waals surface area contributed by atoms with Crippen molar-refractivity contribution in [1.29, 1.82) is 0 Å². The molecular formula is C21H21N3O3. The van der Waals surface area contributed by atoms with Crippen molar-refractivity contribution in [2.75, 3.05) is 0 Å². The SMILES string of the molecule is Cc1cccc2c3n(nc12)[C@@H]1CCC(C)(C)[C@@H]1n1cc(C(=O)O)c(=O)cc1-3. The number of carbonyl (C=O) groups is 1. The zero-order chi connectivity index (χ0) is 19.1. The zero-order valence-corrected chi connectivity index (χ0v) is 15.6. The van der Waals surface area contributed by atoms with E-state index in [0.29, 0.717) is 0 Å². The van der Waals surface area contributed by atoms with Crippen LogP contribution in [0.2, 0.25) is 0 Å². The van der Waals surface area contributed by atoms with Crippen molar-refractivity contribution in [3.05, 3.63) is 51.8 Å². The molecule has 1 N–H and O–H groups in total. The van der Waals surface area contributed by atoms with Crippen LogP contribution in [0.25, 0.3) is 22.3 Å². The third kappa shape index (κ3) is 2.04. The summed E-state index contributed by atoms with van der Waals surface area (Å²) in [6.07, 6.45) is 3.54. The van der Waals surface area contributed by atoms with Crippen molar-refractivity contribution in [3.63, 3.8) is 0 Å². The number of carboxylic acids is 1. The highest BCUT2D eigenvalue weighted by Crippen LogP contribution is 2.56. The van der Waals surface area contributed by atoms with E-state index in [1.807, 2.05) is 29.7 Å². The van der Waals surface area contributed by atoms with Crippen molar-refractivity contribution < 1.29 is 9.90 Å². The molecule has 1 fully saturated rings. The topological polar surface area (TPSA) is 77.1 Å². The van der Waals surface area contributed by atoms with Crippen LogP contribution in [0.1, 0.15) is 54.7 Å². The number of hydrogen-bond acceptors (Lipinski definition) is 3. The lowest BCUT2D eigenvalue weighted by Gasteiger charge is -2.39. The quantitative estimate of drug-likeness (QED) is 0.714. The highest BCUT2D eigenvalue weighted by molar-refractivity contribution is 5.95. The Morgan fingerprint density at radius 3 is 2.85 bits per heavy atom. The van der Waals surface area contributed by atoms with Gasteiger partial charge >= 0.3 is 5.97 Å². The third-order valence-electron chi connectivity index (χ3n) is 6.35. The lowest BCUT2D eigenvalue weighted by atomic mass is 9.84. The van der Waals surface area contributed by atoms with E-state index in [1.165, 1.54) is 6.07 Å². The fourth-order valence-electron chi connectivity index (χ4n) is 5.05. The van der Waals surface area contributed by atoms with Crippen LogP contribution in [-0.2, 0) is 0 Å². The van der Waals surface area contributed by atoms with E-state index in [1.54, 1.807) is 6.20 Å². The van der Waals surface area contributed by atoms with Gasteiger partial charge in [-0.3, -0.25) is 9.48 Å². The maximum Gasteiger partial charge on any atom is 0.341 e. The van der Waals surface area contributed by atoms with E-state index in [-0.39, 0.29) is 23.1 Å². The minimum Gasteiger partial charge on any atom is -0.477 e. The molecule has 0 unspecified atom stereocenters. The lowest BCUT2D eigenvalue weighted by Crippen LogP contribution is -2.35. The normalized spacial score (nSPS) is 22.3. The fourth-order valence-corrected chi connectivity index (χ4v) is 5.05.